The Hall–Kier alpha value is -2.11. The first-order valence-corrected chi connectivity index (χ1v) is 7.65. The zero-order chi connectivity index (χ0) is 16.9. The summed E-state index contributed by atoms with van der Waals surface area (Å²) in [6.07, 6.45) is 6.40. The number of carbonyl (C=O) groups is 1. The molecule has 0 heterocycles. The number of allylic oxidation sites excluding steroid dienone is 1. The number of para-hydroxylation sites is 1. The fraction of sp³-hybridized carbons (Fsp3) is 0.389. The highest BCUT2D eigenvalue weighted by Crippen LogP contribution is 2.31. The molecule has 1 aromatic carbocycles. The van der Waals surface area contributed by atoms with E-state index >= 15 is 0 Å². The number of aliphatic hydroxyl groups excluding tert-OH is 1. The molecule has 1 aliphatic rings. The van der Waals surface area contributed by atoms with Gasteiger partial charge in [-0.25, -0.2) is 0 Å². The number of phenolic OH excluding ortho intramolecular Hbond substituents is 1. The van der Waals surface area contributed by atoms with Crippen molar-refractivity contribution in [3.63, 3.8) is 0 Å². The second kappa shape index (κ2) is 7.44. The second-order valence-electron chi connectivity index (χ2n) is 5.41. The van der Waals surface area contributed by atoms with Crippen LogP contribution in [0.25, 0.3) is 0 Å². The number of aromatic hydroxyl groups is 1. The highest BCUT2D eigenvalue weighted by Gasteiger charge is 2.35. The van der Waals surface area contributed by atoms with Crippen LogP contribution in [0, 0.1) is 5.92 Å². The van der Waals surface area contributed by atoms with E-state index in [1.165, 1.54) is 25.3 Å². The average Bonchev–Trinajstić information content (AvgIpc) is 2.55. The summed E-state index contributed by atoms with van der Waals surface area (Å²) in [6, 6.07) is 6.26. The number of carbonyl (C=O) groups excluding carboxylic acids is 1. The van der Waals surface area contributed by atoms with Crippen LogP contribution in [0.5, 0.6) is 5.75 Å². The Morgan fingerprint density at radius 3 is 2.65 bits per heavy atom. The van der Waals surface area contributed by atoms with Gasteiger partial charge in [0.2, 0.25) is 5.79 Å². The number of hydrogen-bond acceptors (Lipinski definition) is 5. The molecule has 5 nitrogen and oxygen atoms in total. The molecule has 124 valence electrons. The van der Waals surface area contributed by atoms with E-state index in [1.807, 2.05) is 6.92 Å². The lowest BCUT2D eigenvalue weighted by Gasteiger charge is -2.30. The molecule has 0 fully saturated rings. The molecular weight excluding hydrogens is 296 g/mol. The van der Waals surface area contributed by atoms with E-state index in [-0.39, 0.29) is 22.9 Å². The Kier molecular flexibility index (Phi) is 5.58. The van der Waals surface area contributed by atoms with Gasteiger partial charge in [0.25, 0.3) is 0 Å². The summed E-state index contributed by atoms with van der Waals surface area (Å²) in [5.74, 6) is -2.66. The summed E-state index contributed by atoms with van der Waals surface area (Å²) in [6.45, 7) is 2.53. The lowest BCUT2D eigenvalue weighted by molar-refractivity contribution is -0.156. The number of rotatable bonds is 7. The lowest BCUT2D eigenvalue weighted by Crippen LogP contribution is -2.35. The number of phenols is 1. The van der Waals surface area contributed by atoms with Gasteiger partial charge in [-0.15, -0.1) is 0 Å². The number of ketones is 1. The molecule has 1 aromatic rings. The SMILES string of the molecule is CCCCOC1(OC)C=CC(C(=O)c2ccccc2O)C(O)=C1. The van der Waals surface area contributed by atoms with Crippen LogP contribution in [0.3, 0.4) is 0 Å². The van der Waals surface area contributed by atoms with Crippen molar-refractivity contribution in [1.82, 2.24) is 0 Å². The summed E-state index contributed by atoms with van der Waals surface area (Å²) in [4.78, 5) is 12.5. The van der Waals surface area contributed by atoms with Crippen molar-refractivity contribution in [2.75, 3.05) is 13.7 Å². The predicted octanol–water partition coefficient (Wildman–Crippen LogP) is 3.36. The van der Waals surface area contributed by atoms with E-state index in [9.17, 15) is 15.0 Å². The molecule has 1 aliphatic carbocycles. The van der Waals surface area contributed by atoms with Gasteiger partial charge in [-0.05, 0) is 24.6 Å². The molecule has 2 atom stereocenters. The molecule has 0 radical (unpaired) electrons. The van der Waals surface area contributed by atoms with Crippen LogP contribution in [0.1, 0.15) is 30.1 Å². The van der Waals surface area contributed by atoms with E-state index in [0.717, 1.165) is 12.8 Å². The molecule has 0 spiro atoms. The van der Waals surface area contributed by atoms with E-state index in [1.54, 1.807) is 24.3 Å². The van der Waals surface area contributed by atoms with Crippen LogP contribution in [0.4, 0.5) is 0 Å². The van der Waals surface area contributed by atoms with E-state index in [4.69, 9.17) is 9.47 Å². The molecule has 2 unspecified atom stereocenters. The molecule has 23 heavy (non-hydrogen) atoms. The monoisotopic (exact) mass is 318 g/mol. The van der Waals surface area contributed by atoms with Crippen LogP contribution in [0.2, 0.25) is 0 Å². The number of benzene rings is 1. The fourth-order valence-corrected chi connectivity index (χ4v) is 2.40. The smallest absolute Gasteiger partial charge is 0.211 e. The quantitative estimate of drug-likeness (QED) is 0.349. The van der Waals surface area contributed by atoms with Gasteiger partial charge in [-0.3, -0.25) is 4.79 Å². The van der Waals surface area contributed by atoms with Crippen LogP contribution >= 0.6 is 0 Å². The van der Waals surface area contributed by atoms with Crippen LogP contribution in [-0.2, 0) is 9.47 Å². The zero-order valence-electron chi connectivity index (χ0n) is 13.4. The molecule has 2 rings (SSSR count). The van der Waals surface area contributed by atoms with Gasteiger partial charge >= 0.3 is 0 Å². The first-order valence-electron chi connectivity index (χ1n) is 7.65. The number of unbranched alkanes of at least 4 members (excludes halogenated alkanes) is 1. The summed E-state index contributed by atoms with van der Waals surface area (Å²) >= 11 is 0. The van der Waals surface area contributed by atoms with Crippen LogP contribution in [0.15, 0.2) is 48.3 Å². The predicted molar refractivity (Wildman–Crippen MR) is 86.4 cm³/mol. The highest BCUT2D eigenvalue weighted by atomic mass is 16.7. The molecule has 0 aromatic heterocycles. The third-order valence-electron chi connectivity index (χ3n) is 3.79. The Morgan fingerprint density at radius 2 is 2.04 bits per heavy atom. The maximum atomic E-state index is 12.5. The van der Waals surface area contributed by atoms with Crippen molar-refractivity contribution in [2.24, 2.45) is 5.92 Å². The van der Waals surface area contributed by atoms with Crippen LogP contribution in [-0.4, -0.2) is 35.5 Å². The van der Waals surface area contributed by atoms with Gasteiger partial charge in [0.1, 0.15) is 11.5 Å². The van der Waals surface area contributed by atoms with E-state index in [2.05, 4.69) is 0 Å². The Labute approximate surface area is 135 Å². The zero-order valence-corrected chi connectivity index (χ0v) is 13.4. The Balaban J connectivity index is 2.19. The Bertz CT molecular complexity index is 620. The van der Waals surface area contributed by atoms with Crippen molar-refractivity contribution in [3.05, 3.63) is 53.8 Å². The van der Waals surface area contributed by atoms with Gasteiger partial charge < -0.3 is 19.7 Å². The number of aliphatic hydroxyl groups is 1. The summed E-state index contributed by atoms with van der Waals surface area (Å²) < 4.78 is 11.0. The van der Waals surface area contributed by atoms with E-state index < -0.39 is 11.7 Å². The van der Waals surface area contributed by atoms with Gasteiger partial charge in [-0.2, -0.15) is 0 Å². The van der Waals surface area contributed by atoms with Gasteiger partial charge in [0, 0.05) is 13.2 Å². The number of methoxy groups -OCH3 is 1. The third-order valence-corrected chi connectivity index (χ3v) is 3.79. The molecular formula is C18H22O5. The minimum Gasteiger partial charge on any atom is -0.511 e. The minimum absolute atomic E-state index is 0.110. The van der Waals surface area contributed by atoms with Crippen molar-refractivity contribution >= 4 is 5.78 Å². The van der Waals surface area contributed by atoms with Gasteiger partial charge in [0.05, 0.1) is 18.1 Å². The fourth-order valence-electron chi connectivity index (χ4n) is 2.40. The van der Waals surface area contributed by atoms with Gasteiger partial charge in [-0.1, -0.05) is 31.6 Å². The molecule has 2 N–H and O–H groups in total. The van der Waals surface area contributed by atoms with Gasteiger partial charge in [0.15, 0.2) is 5.78 Å². The summed E-state index contributed by atoms with van der Waals surface area (Å²) in [5, 5.41) is 20.1. The molecule has 0 amide bonds. The van der Waals surface area contributed by atoms with Crippen molar-refractivity contribution < 1.29 is 24.5 Å². The highest BCUT2D eigenvalue weighted by molar-refractivity contribution is 6.02. The van der Waals surface area contributed by atoms with Crippen molar-refractivity contribution in [2.45, 2.75) is 25.6 Å². The molecule has 0 saturated carbocycles. The standard InChI is InChI=1S/C18H22O5/c1-3-4-11-23-18(22-2)10-9-14(16(20)12-18)17(21)13-7-5-6-8-15(13)19/h5-10,12,14,19-20H,3-4,11H2,1-2H3. The summed E-state index contributed by atoms with van der Waals surface area (Å²) in [7, 11) is 1.48. The maximum Gasteiger partial charge on any atom is 0.211 e. The first kappa shape index (κ1) is 17.2. The Morgan fingerprint density at radius 1 is 1.30 bits per heavy atom. The number of hydrogen-bond donors (Lipinski definition) is 2. The second-order valence-corrected chi connectivity index (χ2v) is 5.41. The van der Waals surface area contributed by atoms with Crippen LogP contribution < -0.4 is 0 Å². The topological polar surface area (TPSA) is 76.0 Å². The third kappa shape index (κ3) is 3.81. The molecule has 5 heteroatoms. The van der Waals surface area contributed by atoms with E-state index in [0.29, 0.717) is 6.61 Å². The summed E-state index contributed by atoms with van der Waals surface area (Å²) in [5.41, 5.74) is 0.166. The minimum atomic E-state index is -1.16. The number of Topliss-reactive ketones (excluding diaryl/α,β-unsaturated/α-hetero) is 1. The maximum absolute atomic E-state index is 12.5. The number of ether oxygens (including phenoxy) is 2. The lowest BCUT2D eigenvalue weighted by atomic mass is 9.90. The molecule has 0 bridgehead atoms. The average molecular weight is 318 g/mol. The normalized spacial score (nSPS) is 23.6. The van der Waals surface area contributed by atoms with Crippen molar-refractivity contribution in [3.8, 4) is 5.75 Å². The molecule has 0 saturated heterocycles. The largest absolute Gasteiger partial charge is 0.511 e. The molecule has 0 aliphatic heterocycles. The van der Waals surface area contributed by atoms with Crippen molar-refractivity contribution in [1.29, 1.82) is 0 Å². The first-order chi connectivity index (χ1) is 11.0.